The van der Waals surface area contributed by atoms with Gasteiger partial charge in [0.15, 0.2) is 23.1 Å². The molecule has 0 aromatic heterocycles. The maximum Gasteiger partial charge on any atom is 0.416 e. The van der Waals surface area contributed by atoms with E-state index in [-0.39, 0.29) is 88.9 Å². The lowest BCUT2D eigenvalue weighted by atomic mass is 10.1. The molecule has 7 rings (SSSR count). The number of hydrogen-bond donors (Lipinski definition) is 4. The first-order valence-corrected chi connectivity index (χ1v) is 25.3. The molecule has 4 amide bonds. The third-order valence-corrected chi connectivity index (χ3v) is 12.7. The predicted octanol–water partition coefficient (Wildman–Crippen LogP) is 16.7. The van der Waals surface area contributed by atoms with Gasteiger partial charge in [0.25, 0.3) is 23.6 Å². The van der Waals surface area contributed by atoms with E-state index in [4.69, 9.17) is 67.5 Å². The summed E-state index contributed by atoms with van der Waals surface area (Å²) in [5.74, 6) is -5.45. The number of alkyl halides is 6. The second kappa shape index (κ2) is 26.0. The summed E-state index contributed by atoms with van der Waals surface area (Å²) in [5, 5.41) is 25.7. The zero-order valence-electron chi connectivity index (χ0n) is 42.1. The Balaban J connectivity index is 1.02. The van der Waals surface area contributed by atoms with Gasteiger partial charge in [-0.25, -0.2) is 0 Å². The molecule has 16 nitrogen and oxygen atoms in total. The number of carbonyl (C=O) groups excluding carboxylic acids is 6. The summed E-state index contributed by atoms with van der Waals surface area (Å²) < 4.78 is 93.9. The predicted molar refractivity (Wildman–Crippen MR) is 296 cm³/mol. The van der Waals surface area contributed by atoms with Crippen LogP contribution in [0.1, 0.15) is 51.3 Å². The first-order valence-electron chi connectivity index (χ1n) is 23.4. The third-order valence-electron chi connectivity index (χ3n) is 11.3. The molecule has 27 heteroatoms. The highest BCUT2D eigenvalue weighted by atomic mass is 35.5. The van der Waals surface area contributed by atoms with E-state index in [2.05, 4.69) is 41.7 Å². The number of nitrogens with zero attached hydrogens (tertiary/aromatic N) is 4. The number of amides is 4. The molecule has 0 fully saturated rings. The highest BCUT2D eigenvalue weighted by Crippen LogP contribution is 2.40. The Morgan fingerprint density at radius 1 is 0.451 bits per heavy atom. The first kappa shape index (κ1) is 61.2. The summed E-state index contributed by atoms with van der Waals surface area (Å²) in [6, 6.07) is 22.7. The molecule has 0 aliphatic heterocycles. The van der Waals surface area contributed by atoms with E-state index in [1.165, 1.54) is 91.9 Å². The molecule has 7 aromatic carbocycles. The van der Waals surface area contributed by atoms with Gasteiger partial charge in [0, 0.05) is 26.9 Å². The van der Waals surface area contributed by atoms with E-state index in [0.717, 1.165) is 50.2 Å². The standard InChI is InChI=1S/C55H37Cl5F6N8O8/c1-26-20-41(68-53(80)49(28(3)76)74-72-43-22-30(5-17-38(43)59)51(78)70-45-24-32(55(64,65)66)7-19-47(45)82-36-14-10-34(57)11-15-36)39(60)25-40(26)67-52(79)48(27(2)75)73-71-42-21-29(4-16-37(42)58)50(77)69-44-23-31(54(61,62)63)6-18-46(44)81-35-12-8-33(56)9-13-35/h4-25,48-49H,1-3H3,(H,67,79)(H,68,80)(H,69,77)(H,70,78)/b73-71+,74-72+. The van der Waals surface area contributed by atoms with Crippen molar-refractivity contribution in [2.45, 2.75) is 45.2 Å². The van der Waals surface area contributed by atoms with E-state index in [1.54, 1.807) is 0 Å². The zero-order valence-corrected chi connectivity index (χ0v) is 45.8. The van der Waals surface area contributed by atoms with Crippen molar-refractivity contribution in [1.29, 1.82) is 0 Å². The molecule has 0 heterocycles. The fraction of sp³-hybridized carbons (Fsp3) is 0.127. The van der Waals surface area contributed by atoms with Gasteiger partial charge in [-0.05, 0) is 160 Å². The van der Waals surface area contributed by atoms with Crippen LogP contribution in [-0.2, 0) is 31.5 Å². The van der Waals surface area contributed by atoms with Crippen LogP contribution in [0.2, 0.25) is 25.1 Å². The third kappa shape index (κ3) is 15.9. The number of hydrogen-bond acceptors (Lipinski definition) is 12. The van der Waals surface area contributed by atoms with Crippen molar-refractivity contribution in [2.75, 3.05) is 21.3 Å². The van der Waals surface area contributed by atoms with Crippen molar-refractivity contribution in [3.63, 3.8) is 0 Å². The Morgan fingerprint density at radius 3 is 1.22 bits per heavy atom. The van der Waals surface area contributed by atoms with Crippen molar-refractivity contribution in [3.05, 3.63) is 186 Å². The van der Waals surface area contributed by atoms with Gasteiger partial charge < -0.3 is 30.7 Å². The van der Waals surface area contributed by atoms with Crippen LogP contribution in [0.3, 0.4) is 0 Å². The lowest BCUT2D eigenvalue weighted by molar-refractivity contribution is -0.138. The molecule has 422 valence electrons. The van der Waals surface area contributed by atoms with Crippen molar-refractivity contribution in [1.82, 2.24) is 0 Å². The number of aryl methyl sites for hydroxylation is 1. The fourth-order valence-electron chi connectivity index (χ4n) is 7.09. The van der Waals surface area contributed by atoms with E-state index in [9.17, 15) is 55.1 Å². The van der Waals surface area contributed by atoms with E-state index in [1.807, 2.05) is 0 Å². The van der Waals surface area contributed by atoms with Gasteiger partial charge in [-0.15, -0.1) is 0 Å². The average Bonchev–Trinajstić information content (AvgIpc) is 3.61. The second-order valence-electron chi connectivity index (χ2n) is 17.4. The van der Waals surface area contributed by atoms with Crippen molar-refractivity contribution < 1.29 is 64.6 Å². The van der Waals surface area contributed by atoms with Crippen LogP contribution in [0.4, 0.5) is 60.5 Å². The van der Waals surface area contributed by atoms with E-state index < -0.39 is 70.8 Å². The minimum Gasteiger partial charge on any atom is -0.455 e. The van der Waals surface area contributed by atoms with Gasteiger partial charge in [-0.3, -0.25) is 28.8 Å². The molecule has 2 atom stereocenters. The Morgan fingerprint density at radius 2 is 0.841 bits per heavy atom. The van der Waals surface area contributed by atoms with Crippen LogP contribution in [0, 0.1) is 6.92 Å². The van der Waals surface area contributed by atoms with Crippen LogP contribution in [0.15, 0.2) is 154 Å². The summed E-state index contributed by atoms with van der Waals surface area (Å²) in [6.45, 7) is 3.56. The van der Waals surface area contributed by atoms with Crippen LogP contribution in [0.5, 0.6) is 23.0 Å². The highest BCUT2D eigenvalue weighted by molar-refractivity contribution is 6.35. The molecule has 0 saturated carbocycles. The van der Waals surface area contributed by atoms with Crippen molar-refractivity contribution >= 4 is 127 Å². The maximum absolute atomic E-state index is 13.7. The van der Waals surface area contributed by atoms with Crippen molar-refractivity contribution in [2.24, 2.45) is 20.5 Å². The largest absolute Gasteiger partial charge is 0.455 e. The van der Waals surface area contributed by atoms with Crippen LogP contribution in [-0.4, -0.2) is 47.3 Å². The van der Waals surface area contributed by atoms with Gasteiger partial charge in [0.1, 0.15) is 22.9 Å². The molecular weight excluding hydrogens is 1190 g/mol. The number of rotatable bonds is 18. The van der Waals surface area contributed by atoms with E-state index in [0.29, 0.717) is 22.2 Å². The molecule has 0 spiro atoms. The lowest BCUT2D eigenvalue weighted by Gasteiger charge is -2.16. The maximum atomic E-state index is 13.7. The molecule has 4 N–H and O–H groups in total. The molecule has 0 bridgehead atoms. The quantitative estimate of drug-likeness (QED) is 0.0367. The van der Waals surface area contributed by atoms with Crippen LogP contribution >= 0.6 is 58.0 Å². The number of nitrogens with one attached hydrogen (secondary N) is 4. The van der Waals surface area contributed by atoms with Gasteiger partial charge in [-0.1, -0.05) is 58.0 Å². The summed E-state index contributed by atoms with van der Waals surface area (Å²) in [4.78, 5) is 79.6. The number of ketones is 2. The SMILES string of the molecule is CC(=O)C(/N=N/c1cc(C(=O)Nc2cc(C(F)(F)F)ccc2Oc2ccc(Cl)cc2)ccc1Cl)C(=O)Nc1cc(Cl)c(NC(=O)C(/N=N/c2cc(C(=O)Nc3cc(C(F)(F)F)ccc3Oc3ccc(Cl)cc3)ccc2Cl)C(C)=O)cc1C. The van der Waals surface area contributed by atoms with Crippen LogP contribution in [0.25, 0.3) is 0 Å². The molecule has 0 saturated heterocycles. The molecule has 7 aromatic rings. The zero-order chi connectivity index (χ0) is 59.8. The number of halogens is 11. The smallest absolute Gasteiger partial charge is 0.416 e. The average molecular weight is 1230 g/mol. The number of carbonyl (C=O) groups is 6. The number of benzene rings is 7. The molecule has 2 unspecified atom stereocenters. The minimum absolute atomic E-state index is 0.0277. The van der Waals surface area contributed by atoms with Crippen molar-refractivity contribution in [3.8, 4) is 23.0 Å². The van der Waals surface area contributed by atoms with Gasteiger partial charge in [-0.2, -0.15) is 46.8 Å². The molecule has 0 aliphatic rings. The summed E-state index contributed by atoms with van der Waals surface area (Å²) in [5.41, 5.74) is -3.48. The first-order chi connectivity index (χ1) is 38.6. The molecule has 0 radical (unpaired) electrons. The Labute approximate surface area is 485 Å². The topological polar surface area (TPSA) is 218 Å². The number of anilines is 4. The Hall–Kier alpha value is -8.41. The monoisotopic (exact) mass is 1230 g/mol. The fourth-order valence-corrected chi connectivity index (χ4v) is 7.86. The van der Waals surface area contributed by atoms with Crippen LogP contribution < -0.4 is 30.7 Å². The van der Waals surface area contributed by atoms with E-state index >= 15 is 0 Å². The molecule has 0 aliphatic carbocycles. The summed E-state index contributed by atoms with van der Waals surface area (Å²) in [7, 11) is 0. The Bertz CT molecular complexity index is 3480. The summed E-state index contributed by atoms with van der Waals surface area (Å²) >= 11 is 31.1. The summed E-state index contributed by atoms with van der Waals surface area (Å²) in [6.07, 6.45) is -9.57. The molecular formula is C55H37Cl5F6N8O8. The number of azo groups is 2. The van der Waals surface area contributed by atoms with Gasteiger partial charge >= 0.3 is 12.4 Å². The lowest BCUT2D eigenvalue weighted by Crippen LogP contribution is -2.32. The van der Waals surface area contributed by atoms with Gasteiger partial charge in [0.2, 0.25) is 12.1 Å². The number of ether oxygens (including phenoxy) is 2. The number of Topliss-reactive ketones (excluding diaryl/α,β-unsaturated/α-hetero) is 2. The van der Waals surface area contributed by atoms with Gasteiger partial charge in [0.05, 0.1) is 43.3 Å². The molecule has 82 heavy (non-hydrogen) atoms. The second-order valence-corrected chi connectivity index (χ2v) is 19.4. The normalized spacial score (nSPS) is 12.4. The highest BCUT2D eigenvalue weighted by Gasteiger charge is 2.33. The minimum atomic E-state index is -4.78. The Kier molecular flexibility index (Phi) is 19.4.